The van der Waals surface area contributed by atoms with E-state index in [0.717, 1.165) is 12.5 Å². The Hall–Kier alpha value is -1.98. The van der Waals surface area contributed by atoms with E-state index >= 15 is 0 Å². The van der Waals surface area contributed by atoms with Crippen molar-refractivity contribution in [2.45, 2.75) is 26.3 Å². The van der Waals surface area contributed by atoms with Crippen LogP contribution in [0.1, 0.15) is 25.3 Å². The minimum atomic E-state index is -1.03. The zero-order valence-electron chi connectivity index (χ0n) is 11.7. The van der Waals surface area contributed by atoms with Crippen molar-refractivity contribution in [1.29, 1.82) is 0 Å². The third-order valence-corrected chi connectivity index (χ3v) is 3.73. The van der Waals surface area contributed by atoms with Gasteiger partial charge in [-0.15, -0.1) is 0 Å². The third-order valence-electron chi connectivity index (χ3n) is 3.73. The predicted molar refractivity (Wildman–Crippen MR) is 71.3 cm³/mol. The van der Waals surface area contributed by atoms with E-state index in [1.165, 1.54) is 17.0 Å². The first-order chi connectivity index (χ1) is 9.90. The van der Waals surface area contributed by atoms with Crippen LogP contribution in [0.5, 0.6) is 0 Å². The summed E-state index contributed by atoms with van der Waals surface area (Å²) in [6.07, 6.45) is 0.539. The summed E-state index contributed by atoms with van der Waals surface area (Å²) in [5.74, 6) is -3.05. The van der Waals surface area contributed by atoms with Crippen molar-refractivity contribution in [3.05, 3.63) is 35.4 Å². The summed E-state index contributed by atoms with van der Waals surface area (Å²) in [5, 5.41) is 8.74. The largest absolute Gasteiger partial charge is 0.481 e. The third kappa shape index (κ3) is 3.77. The zero-order valence-corrected chi connectivity index (χ0v) is 11.7. The molecule has 1 aliphatic rings. The molecule has 114 valence electrons. The summed E-state index contributed by atoms with van der Waals surface area (Å²) in [6, 6.07) is 3.77. The lowest BCUT2D eigenvalue weighted by Gasteiger charge is -2.22. The van der Waals surface area contributed by atoms with Crippen LogP contribution in [0.15, 0.2) is 18.2 Å². The molecular weight excluding hydrogens is 280 g/mol. The van der Waals surface area contributed by atoms with Crippen LogP contribution in [0.3, 0.4) is 0 Å². The standard InChI is InChI=1S/C15H17F2NO3/c1-9-7-11(9)15(21)18(6-5-13(19)20)8-10-3-2-4-12(16)14(10)17/h2-4,9,11H,5-8H2,1H3,(H,19,20). The quantitative estimate of drug-likeness (QED) is 0.877. The predicted octanol–water partition coefficient (Wildman–Crippen LogP) is 2.42. The van der Waals surface area contributed by atoms with E-state index in [0.29, 0.717) is 0 Å². The fourth-order valence-corrected chi connectivity index (χ4v) is 2.27. The molecule has 4 nitrogen and oxygen atoms in total. The van der Waals surface area contributed by atoms with Gasteiger partial charge in [-0.05, 0) is 18.4 Å². The highest BCUT2D eigenvalue weighted by Gasteiger charge is 2.41. The molecular formula is C15H17F2NO3. The molecule has 6 heteroatoms. The Labute approximate surface area is 121 Å². The molecule has 1 aliphatic carbocycles. The van der Waals surface area contributed by atoms with Crippen LogP contribution in [0, 0.1) is 23.5 Å². The number of rotatable bonds is 6. The molecule has 1 saturated carbocycles. The van der Waals surface area contributed by atoms with E-state index in [4.69, 9.17) is 5.11 Å². The monoisotopic (exact) mass is 297 g/mol. The van der Waals surface area contributed by atoms with Crippen molar-refractivity contribution in [3.8, 4) is 0 Å². The van der Waals surface area contributed by atoms with Gasteiger partial charge in [-0.1, -0.05) is 19.1 Å². The second kappa shape index (κ2) is 6.20. The SMILES string of the molecule is CC1CC1C(=O)N(CCC(=O)O)Cc1cccc(F)c1F. The number of benzene rings is 1. The summed E-state index contributed by atoms with van der Waals surface area (Å²) in [7, 11) is 0. The maximum absolute atomic E-state index is 13.7. The summed E-state index contributed by atoms with van der Waals surface area (Å²) in [5.41, 5.74) is 0.0574. The molecule has 1 amide bonds. The smallest absolute Gasteiger partial charge is 0.305 e. The molecule has 2 unspecified atom stereocenters. The van der Waals surface area contributed by atoms with E-state index in [9.17, 15) is 18.4 Å². The van der Waals surface area contributed by atoms with Crippen molar-refractivity contribution in [1.82, 2.24) is 4.90 Å². The minimum absolute atomic E-state index is 0.00661. The average Bonchev–Trinajstić information content (AvgIpc) is 3.15. The second-order valence-corrected chi connectivity index (χ2v) is 5.44. The lowest BCUT2D eigenvalue weighted by atomic mass is 10.1. The van der Waals surface area contributed by atoms with E-state index in [1.807, 2.05) is 6.92 Å². The molecule has 1 N–H and O–H groups in total. The van der Waals surface area contributed by atoms with Gasteiger partial charge in [0.15, 0.2) is 11.6 Å². The fourth-order valence-electron chi connectivity index (χ4n) is 2.27. The molecule has 0 aliphatic heterocycles. The van der Waals surface area contributed by atoms with Gasteiger partial charge in [0.25, 0.3) is 0 Å². The van der Waals surface area contributed by atoms with Crippen molar-refractivity contribution in [3.63, 3.8) is 0 Å². The number of amides is 1. The highest BCUT2D eigenvalue weighted by molar-refractivity contribution is 5.82. The summed E-state index contributed by atoms with van der Waals surface area (Å²) >= 11 is 0. The van der Waals surface area contributed by atoms with Crippen LogP contribution in [-0.4, -0.2) is 28.4 Å². The van der Waals surface area contributed by atoms with Crippen molar-refractivity contribution in [2.75, 3.05) is 6.54 Å². The Kier molecular flexibility index (Phi) is 4.55. The van der Waals surface area contributed by atoms with Gasteiger partial charge >= 0.3 is 5.97 Å². The Morgan fingerprint density at radius 2 is 2.05 bits per heavy atom. The molecule has 1 aromatic rings. The molecule has 1 aromatic carbocycles. The molecule has 0 aromatic heterocycles. The number of hydrogen-bond acceptors (Lipinski definition) is 2. The topological polar surface area (TPSA) is 57.6 Å². The summed E-state index contributed by atoms with van der Waals surface area (Å²) in [6.45, 7) is 1.81. The van der Waals surface area contributed by atoms with Gasteiger partial charge in [0, 0.05) is 24.6 Å². The fraction of sp³-hybridized carbons (Fsp3) is 0.467. The van der Waals surface area contributed by atoms with E-state index in [2.05, 4.69) is 0 Å². The highest BCUT2D eigenvalue weighted by atomic mass is 19.2. The summed E-state index contributed by atoms with van der Waals surface area (Å²) < 4.78 is 26.9. The van der Waals surface area contributed by atoms with Crippen molar-refractivity contribution in [2.24, 2.45) is 11.8 Å². The summed E-state index contributed by atoms with van der Waals surface area (Å²) in [4.78, 5) is 24.2. The van der Waals surface area contributed by atoms with Crippen LogP contribution in [0.4, 0.5) is 8.78 Å². The van der Waals surface area contributed by atoms with Gasteiger partial charge in [-0.25, -0.2) is 8.78 Å². The van der Waals surface area contributed by atoms with E-state index < -0.39 is 17.6 Å². The van der Waals surface area contributed by atoms with Crippen LogP contribution < -0.4 is 0 Å². The van der Waals surface area contributed by atoms with Gasteiger partial charge in [0.2, 0.25) is 5.91 Å². The molecule has 0 spiro atoms. The minimum Gasteiger partial charge on any atom is -0.481 e. The number of aliphatic carboxylic acids is 1. The number of nitrogens with zero attached hydrogens (tertiary/aromatic N) is 1. The molecule has 2 atom stereocenters. The maximum Gasteiger partial charge on any atom is 0.305 e. The van der Waals surface area contributed by atoms with Gasteiger partial charge in [0.05, 0.1) is 6.42 Å². The van der Waals surface area contributed by atoms with Gasteiger partial charge in [-0.2, -0.15) is 0 Å². The molecule has 0 saturated heterocycles. The first-order valence-corrected chi connectivity index (χ1v) is 6.83. The molecule has 2 rings (SSSR count). The molecule has 0 radical (unpaired) electrons. The number of carbonyl (C=O) groups is 2. The van der Waals surface area contributed by atoms with Crippen LogP contribution >= 0.6 is 0 Å². The number of halogens is 2. The number of carbonyl (C=O) groups excluding carboxylic acids is 1. The van der Waals surface area contributed by atoms with E-state index in [-0.39, 0.29) is 42.8 Å². The Morgan fingerprint density at radius 1 is 1.38 bits per heavy atom. The normalized spacial score (nSPS) is 20.1. The lowest BCUT2D eigenvalue weighted by Crippen LogP contribution is -2.34. The lowest BCUT2D eigenvalue weighted by molar-refractivity contribution is -0.139. The van der Waals surface area contributed by atoms with Crippen molar-refractivity contribution < 1.29 is 23.5 Å². The number of carboxylic acids is 1. The van der Waals surface area contributed by atoms with Crippen molar-refractivity contribution >= 4 is 11.9 Å². The van der Waals surface area contributed by atoms with Crippen LogP contribution in [-0.2, 0) is 16.1 Å². The highest BCUT2D eigenvalue weighted by Crippen LogP contribution is 2.39. The molecule has 0 heterocycles. The molecule has 1 fully saturated rings. The molecule has 0 bridgehead atoms. The van der Waals surface area contributed by atoms with Crippen LogP contribution in [0.25, 0.3) is 0 Å². The average molecular weight is 297 g/mol. The van der Waals surface area contributed by atoms with Gasteiger partial charge < -0.3 is 10.0 Å². The van der Waals surface area contributed by atoms with E-state index in [1.54, 1.807) is 0 Å². The van der Waals surface area contributed by atoms with Crippen LogP contribution in [0.2, 0.25) is 0 Å². The second-order valence-electron chi connectivity index (χ2n) is 5.44. The first kappa shape index (κ1) is 15.4. The Balaban J connectivity index is 2.12. The maximum atomic E-state index is 13.7. The number of hydrogen-bond donors (Lipinski definition) is 1. The van der Waals surface area contributed by atoms with Gasteiger partial charge in [0.1, 0.15) is 0 Å². The number of carboxylic acid groups (broad SMARTS) is 1. The van der Waals surface area contributed by atoms with Gasteiger partial charge in [-0.3, -0.25) is 9.59 Å². The zero-order chi connectivity index (χ0) is 15.6. The molecule has 21 heavy (non-hydrogen) atoms. The Morgan fingerprint density at radius 3 is 2.62 bits per heavy atom. The Bertz CT molecular complexity index is 562. The first-order valence-electron chi connectivity index (χ1n) is 6.83.